The molecule has 0 fully saturated rings. The summed E-state index contributed by atoms with van der Waals surface area (Å²) in [5, 5.41) is 2.64. The maximum atomic E-state index is 14.5. The van der Waals surface area contributed by atoms with E-state index >= 15 is 0 Å². The molecule has 6 rings (SSSR count). The second-order valence-electron chi connectivity index (χ2n) is 8.09. The summed E-state index contributed by atoms with van der Waals surface area (Å²) in [5.41, 5.74) is 1.60. The Hall–Kier alpha value is -1.78. The molecule has 0 aliphatic rings. The molecule has 0 aliphatic heterocycles. The van der Waals surface area contributed by atoms with E-state index in [1.165, 1.54) is 14.2 Å². The van der Waals surface area contributed by atoms with E-state index < -0.39 is 7.82 Å². The molecule has 0 amide bonds. The second kappa shape index (κ2) is 10.0. The van der Waals surface area contributed by atoms with Crippen molar-refractivity contribution in [2.75, 3.05) is 0 Å². The van der Waals surface area contributed by atoms with Crippen LogP contribution in [0.15, 0.2) is 86.2 Å². The van der Waals surface area contributed by atoms with Gasteiger partial charge in [-0.3, -0.25) is 13.9 Å². The molecule has 3 heterocycles. The highest BCUT2D eigenvalue weighted by atomic mass is 79.9. The lowest BCUT2D eigenvalue weighted by Crippen LogP contribution is -2.25. The molecule has 0 spiro atoms. The fraction of sp³-hybridized carbons (Fsp3) is 0. The summed E-state index contributed by atoms with van der Waals surface area (Å²) in [6.07, 6.45) is 0. The molecule has 14 heteroatoms. The Morgan fingerprint density at radius 3 is 1.11 bits per heavy atom. The van der Waals surface area contributed by atoms with Gasteiger partial charge in [0.1, 0.15) is 15.5 Å². The van der Waals surface area contributed by atoms with Crippen LogP contribution in [-0.4, -0.2) is 14.2 Å². The van der Waals surface area contributed by atoms with Crippen LogP contribution in [0.4, 0.5) is 0 Å². The van der Waals surface area contributed by atoms with Crippen LogP contribution in [0.3, 0.4) is 0 Å². The van der Waals surface area contributed by atoms with Gasteiger partial charge in [0.25, 0.3) is 0 Å². The topological polar surface area (TPSA) is 59.6 Å². The Labute approximate surface area is 255 Å². The van der Waals surface area contributed by atoms with E-state index in [9.17, 15) is 4.57 Å². The third-order valence-corrected chi connectivity index (χ3v) is 8.93. The van der Waals surface area contributed by atoms with Crippen LogP contribution in [0.25, 0.3) is 32.7 Å². The Balaban J connectivity index is 1.50. The van der Waals surface area contributed by atoms with Gasteiger partial charge in [0.15, 0.2) is 0 Å². The van der Waals surface area contributed by atoms with E-state index in [0.29, 0.717) is 16.6 Å². The molecule has 194 valence electrons. The van der Waals surface area contributed by atoms with E-state index in [0.717, 1.165) is 29.6 Å². The van der Waals surface area contributed by atoms with E-state index in [-0.39, 0.29) is 15.5 Å². The first kappa shape index (κ1) is 26.4. The van der Waals surface area contributed by atoms with Gasteiger partial charge in [-0.15, -0.1) is 0 Å². The van der Waals surface area contributed by atoms with Gasteiger partial charge < -0.3 is 0 Å². The fourth-order valence-corrected chi connectivity index (χ4v) is 7.20. The van der Waals surface area contributed by atoms with E-state index in [2.05, 4.69) is 47.8 Å². The molecule has 3 aromatic carbocycles. The van der Waals surface area contributed by atoms with Crippen LogP contribution in [0.5, 0.6) is 0 Å². The number of benzene rings is 3. The Kier molecular flexibility index (Phi) is 6.96. The van der Waals surface area contributed by atoms with Gasteiger partial charge in [0.05, 0.1) is 16.6 Å². The molecule has 0 saturated heterocycles. The van der Waals surface area contributed by atoms with Crippen LogP contribution in [0.1, 0.15) is 0 Å². The molecule has 3 aromatic heterocycles. The van der Waals surface area contributed by atoms with Crippen molar-refractivity contribution >= 4 is 123 Å². The summed E-state index contributed by atoms with van der Waals surface area (Å²) in [5.74, 6) is 0. The zero-order valence-electron chi connectivity index (χ0n) is 18.6. The lowest BCUT2D eigenvalue weighted by atomic mass is 10.3. The number of hydrogen-bond acceptors (Lipinski definition) is 4. The first-order valence-corrected chi connectivity index (χ1v) is 15.7. The SMILES string of the molecule is O=P(On1c(Cl)cc2cc(Br)ccc21)(On1c(Cl)cc2cc(Br)ccc21)On1c(Cl)cc2cc(Br)ccc21. The van der Waals surface area contributed by atoms with E-state index in [4.69, 9.17) is 48.7 Å². The summed E-state index contributed by atoms with van der Waals surface area (Å²) in [6, 6.07) is 21.2. The van der Waals surface area contributed by atoms with Crippen molar-refractivity contribution in [3.8, 4) is 0 Å². The summed E-state index contributed by atoms with van der Waals surface area (Å²) >= 11 is 29.8. The van der Waals surface area contributed by atoms with Crippen molar-refractivity contribution < 1.29 is 18.4 Å². The van der Waals surface area contributed by atoms with Crippen molar-refractivity contribution in [2.45, 2.75) is 0 Å². The Bertz CT molecular complexity index is 1720. The molecule has 0 radical (unpaired) electrons. The average molecular weight is 783 g/mol. The van der Waals surface area contributed by atoms with Crippen LogP contribution < -0.4 is 13.9 Å². The minimum atomic E-state index is -4.61. The molecule has 6 aromatic rings. The van der Waals surface area contributed by atoms with Gasteiger partial charge in [0.2, 0.25) is 0 Å². The molecule has 0 unspecified atom stereocenters. The molecular weight excluding hydrogens is 771 g/mol. The predicted octanol–water partition coefficient (Wildman–Crippen LogP) is 9.59. The van der Waals surface area contributed by atoms with Crippen molar-refractivity contribution in [3.63, 3.8) is 0 Å². The molecule has 0 aliphatic carbocycles. The zero-order chi connectivity index (χ0) is 26.8. The number of phosphoric acid groups is 1. The third kappa shape index (κ3) is 4.85. The van der Waals surface area contributed by atoms with Crippen LogP contribution in [0, 0.1) is 0 Å². The Morgan fingerprint density at radius 2 is 0.816 bits per heavy atom. The van der Waals surface area contributed by atoms with Gasteiger partial charge in [-0.2, -0.15) is 18.8 Å². The second-order valence-corrected chi connectivity index (χ2v) is 13.4. The smallest absolute Gasteiger partial charge is 0.289 e. The molecular formula is C24H12Br3Cl3N3O4P. The molecule has 0 atom stereocenters. The standard InChI is InChI=1S/C24H12Br3Cl3N3O4P/c25-16-1-4-19-13(7-16)10-22(28)31(19)35-38(34,36-32-20-5-2-17(26)8-14(20)11-23(32)29)37-33-21-6-3-18(27)9-15(21)12-24(33)30/h1-12H. The van der Waals surface area contributed by atoms with Gasteiger partial charge in [-0.25, -0.2) is 0 Å². The number of fused-ring (bicyclic) bond motifs is 3. The molecule has 0 saturated carbocycles. The predicted molar refractivity (Wildman–Crippen MR) is 161 cm³/mol. The lowest BCUT2D eigenvalue weighted by molar-refractivity contribution is 0.0994. The lowest BCUT2D eigenvalue weighted by Gasteiger charge is -2.21. The third-order valence-electron chi connectivity index (χ3n) is 5.58. The molecule has 0 bridgehead atoms. The summed E-state index contributed by atoms with van der Waals surface area (Å²) < 4.78 is 38.3. The first-order valence-electron chi connectivity index (χ1n) is 10.7. The van der Waals surface area contributed by atoms with E-state index in [1.54, 1.807) is 54.6 Å². The molecule has 38 heavy (non-hydrogen) atoms. The number of rotatable bonds is 6. The quantitative estimate of drug-likeness (QED) is 0.158. The minimum Gasteiger partial charge on any atom is -0.289 e. The van der Waals surface area contributed by atoms with Gasteiger partial charge in [-0.05, 0) is 72.8 Å². The van der Waals surface area contributed by atoms with Crippen LogP contribution in [0.2, 0.25) is 15.5 Å². The summed E-state index contributed by atoms with van der Waals surface area (Å²) in [4.78, 5) is 0. The monoisotopic (exact) mass is 779 g/mol. The normalized spacial score (nSPS) is 12.1. The molecule has 0 N–H and O–H groups in total. The molecule has 7 nitrogen and oxygen atoms in total. The Morgan fingerprint density at radius 1 is 0.526 bits per heavy atom. The largest absolute Gasteiger partial charge is 0.705 e. The number of aromatic nitrogens is 3. The minimum absolute atomic E-state index is 0.144. The van der Waals surface area contributed by atoms with Crippen molar-refractivity contribution in [1.82, 2.24) is 14.2 Å². The van der Waals surface area contributed by atoms with Crippen molar-refractivity contribution in [1.29, 1.82) is 0 Å². The van der Waals surface area contributed by atoms with Crippen molar-refractivity contribution in [3.05, 3.63) is 102 Å². The highest BCUT2D eigenvalue weighted by Gasteiger charge is 2.39. The highest BCUT2D eigenvalue weighted by Crippen LogP contribution is 2.45. The highest BCUT2D eigenvalue weighted by molar-refractivity contribution is 9.11. The van der Waals surface area contributed by atoms with Crippen molar-refractivity contribution in [2.24, 2.45) is 0 Å². The number of halogens is 6. The fourth-order valence-electron chi connectivity index (χ4n) is 3.98. The van der Waals surface area contributed by atoms with Crippen LogP contribution >= 0.6 is 90.4 Å². The van der Waals surface area contributed by atoms with Crippen LogP contribution in [-0.2, 0) is 4.57 Å². The maximum Gasteiger partial charge on any atom is 0.705 e. The van der Waals surface area contributed by atoms with E-state index in [1.807, 2.05) is 18.2 Å². The van der Waals surface area contributed by atoms with Gasteiger partial charge in [-0.1, -0.05) is 82.6 Å². The average Bonchev–Trinajstić information content (AvgIpc) is 3.43. The van der Waals surface area contributed by atoms with Gasteiger partial charge in [0, 0.05) is 29.6 Å². The summed E-state index contributed by atoms with van der Waals surface area (Å²) in [6.45, 7) is 0. The first-order chi connectivity index (χ1) is 18.1. The summed E-state index contributed by atoms with van der Waals surface area (Å²) in [7, 11) is -4.61. The maximum absolute atomic E-state index is 14.5. The number of hydrogen-bond donors (Lipinski definition) is 0. The zero-order valence-corrected chi connectivity index (χ0v) is 26.5. The number of nitrogens with zero attached hydrogens (tertiary/aromatic N) is 3. The van der Waals surface area contributed by atoms with Gasteiger partial charge >= 0.3 is 7.82 Å².